The third-order valence-corrected chi connectivity index (χ3v) is 8.11. The highest BCUT2D eigenvalue weighted by molar-refractivity contribution is 6.12. The smallest absolute Gasteiger partial charge is 0.216 e. The summed E-state index contributed by atoms with van der Waals surface area (Å²) in [6, 6.07) is 23.9. The first kappa shape index (κ1) is 22.6. The molecule has 1 aliphatic rings. The lowest BCUT2D eigenvalue weighted by molar-refractivity contribution is -0.660. The molecule has 0 spiro atoms. The number of aromatic nitrogens is 1. The van der Waals surface area contributed by atoms with Gasteiger partial charge in [0.15, 0.2) is 11.8 Å². The Morgan fingerprint density at radius 2 is 1.58 bits per heavy atom. The number of pyridine rings is 1. The van der Waals surface area contributed by atoms with Gasteiger partial charge in [-0.25, -0.2) is 4.57 Å². The summed E-state index contributed by atoms with van der Waals surface area (Å²) in [5, 5.41) is 12.4. The Morgan fingerprint density at radius 3 is 2.33 bits per heavy atom. The van der Waals surface area contributed by atoms with Gasteiger partial charge in [0.25, 0.3) is 0 Å². The van der Waals surface area contributed by atoms with Crippen LogP contribution in [0.3, 0.4) is 0 Å². The maximum Gasteiger partial charge on any atom is 0.216 e. The molecule has 0 bridgehead atoms. The molecule has 2 aromatic heterocycles. The van der Waals surface area contributed by atoms with E-state index in [1.807, 2.05) is 25.4 Å². The van der Waals surface area contributed by atoms with Gasteiger partial charge < -0.3 is 4.42 Å². The Labute approximate surface area is 212 Å². The van der Waals surface area contributed by atoms with E-state index in [0.717, 1.165) is 50.7 Å². The molecule has 1 aliphatic carbocycles. The Kier molecular flexibility index (Phi) is 4.73. The Balaban J connectivity index is 1.61. The van der Waals surface area contributed by atoms with E-state index < -0.39 is 0 Å². The number of hydrogen-bond acceptors (Lipinski definition) is 2. The minimum Gasteiger partial charge on any atom is -0.454 e. The largest absolute Gasteiger partial charge is 0.454 e. The quantitative estimate of drug-likeness (QED) is 0.246. The minimum absolute atomic E-state index is 0.1000. The monoisotopic (exact) mass is 471 g/mol. The van der Waals surface area contributed by atoms with Gasteiger partial charge in [-0.15, -0.1) is 0 Å². The third kappa shape index (κ3) is 3.14. The summed E-state index contributed by atoms with van der Waals surface area (Å²) >= 11 is 0. The Bertz CT molecular complexity index is 1740. The highest BCUT2D eigenvalue weighted by atomic mass is 16.3. The molecular weight excluding hydrogens is 440 g/mol. The molecule has 36 heavy (non-hydrogen) atoms. The van der Waals surface area contributed by atoms with Crippen molar-refractivity contribution >= 4 is 21.9 Å². The van der Waals surface area contributed by atoms with Gasteiger partial charge >= 0.3 is 0 Å². The number of rotatable bonds is 2. The summed E-state index contributed by atoms with van der Waals surface area (Å²) in [4.78, 5) is 0. The summed E-state index contributed by atoms with van der Waals surface area (Å²) < 4.78 is 8.70. The number of nitriles is 1. The lowest BCUT2D eigenvalue weighted by Crippen LogP contribution is -2.30. The van der Waals surface area contributed by atoms with Crippen LogP contribution >= 0.6 is 0 Å². The lowest BCUT2D eigenvalue weighted by Gasteiger charge is -2.22. The van der Waals surface area contributed by atoms with Crippen LogP contribution in [-0.4, -0.2) is 0 Å². The van der Waals surface area contributed by atoms with Gasteiger partial charge in [0.1, 0.15) is 24.3 Å². The third-order valence-electron chi connectivity index (χ3n) is 8.11. The van der Waals surface area contributed by atoms with E-state index in [1.165, 1.54) is 11.1 Å². The van der Waals surface area contributed by atoms with Gasteiger partial charge in [0.2, 0.25) is 5.69 Å². The molecule has 5 aromatic rings. The molecule has 0 N–H and O–H groups in total. The second-order valence-corrected chi connectivity index (χ2v) is 11.6. The van der Waals surface area contributed by atoms with Gasteiger partial charge in [0, 0.05) is 28.5 Å². The van der Waals surface area contributed by atoms with Crippen molar-refractivity contribution in [2.75, 3.05) is 0 Å². The van der Waals surface area contributed by atoms with Crippen molar-refractivity contribution in [1.82, 2.24) is 0 Å². The summed E-state index contributed by atoms with van der Waals surface area (Å²) in [5.74, 6) is 0. The molecule has 0 aliphatic heterocycles. The molecule has 3 heteroatoms. The molecule has 3 aromatic carbocycles. The van der Waals surface area contributed by atoms with Crippen molar-refractivity contribution in [3.8, 4) is 28.5 Å². The van der Waals surface area contributed by atoms with Crippen LogP contribution in [0.2, 0.25) is 0 Å². The van der Waals surface area contributed by atoms with E-state index >= 15 is 0 Å². The Morgan fingerprint density at radius 1 is 0.861 bits per heavy atom. The fourth-order valence-corrected chi connectivity index (χ4v) is 6.61. The minimum atomic E-state index is 0.1000. The van der Waals surface area contributed by atoms with Crippen LogP contribution in [0.1, 0.15) is 56.4 Å². The fourth-order valence-electron chi connectivity index (χ4n) is 6.61. The number of fused-ring (bicyclic) bond motifs is 4. The van der Waals surface area contributed by atoms with Gasteiger partial charge in [-0.1, -0.05) is 64.1 Å². The van der Waals surface area contributed by atoms with Crippen LogP contribution in [-0.2, 0) is 17.9 Å². The molecule has 0 fully saturated rings. The van der Waals surface area contributed by atoms with Gasteiger partial charge in [-0.2, -0.15) is 5.26 Å². The summed E-state index contributed by atoms with van der Waals surface area (Å²) in [5.41, 5.74) is 10.4. The predicted octanol–water partition coefficient (Wildman–Crippen LogP) is 7.88. The molecule has 0 atom stereocenters. The van der Waals surface area contributed by atoms with Crippen LogP contribution in [0.15, 0.2) is 71.3 Å². The topological polar surface area (TPSA) is 40.8 Å². The van der Waals surface area contributed by atoms with Crippen LogP contribution in [0.25, 0.3) is 44.3 Å². The number of benzene rings is 3. The van der Waals surface area contributed by atoms with Crippen LogP contribution < -0.4 is 4.57 Å². The van der Waals surface area contributed by atoms with Crippen molar-refractivity contribution in [3.05, 3.63) is 89.1 Å². The first-order valence-corrected chi connectivity index (χ1v) is 12.6. The second-order valence-electron chi connectivity index (χ2n) is 11.6. The molecular formula is C33H31N2O+. The Hall–Kier alpha value is -3.90. The van der Waals surface area contributed by atoms with Crippen LogP contribution in [0.4, 0.5) is 0 Å². The van der Waals surface area contributed by atoms with E-state index in [4.69, 9.17) is 4.42 Å². The zero-order valence-corrected chi connectivity index (χ0v) is 21.9. The van der Waals surface area contributed by atoms with Crippen LogP contribution in [0, 0.1) is 18.3 Å². The lowest BCUT2D eigenvalue weighted by atomic mass is 9.82. The second kappa shape index (κ2) is 7.55. The normalized spacial score (nSPS) is 15.8. The number of furan rings is 1. The zero-order valence-electron chi connectivity index (χ0n) is 21.9. The first-order valence-electron chi connectivity index (χ1n) is 12.6. The fraction of sp³-hybridized carbons (Fsp3) is 0.273. The molecule has 6 rings (SSSR count). The van der Waals surface area contributed by atoms with Crippen molar-refractivity contribution in [3.63, 3.8) is 0 Å². The average molecular weight is 472 g/mol. The summed E-state index contributed by atoms with van der Waals surface area (Å²) in [7, 11) is 2.05. The zero-order chi connectivity index (χ0) is 25.4. The van der Waals surface area contributed by atoms with Crippen LogP contribution in [0.5, 0.6) is 0 Å². The molecule has 0 unspecified atom stereocenters. The van der Waals surface area contributed by atoms with E-state index in [9.17, 15) is 5.26 Å². The maximum absolute atomic E-state index is 10.4. The SMILES string of the molecule is Cc1ccc2c(oc3c(C#N)c(-c4ccc5c(c4)C(C)(C)CC5(C)C)ccc32)c1-c1cccc[n+]1C. The predicted molar refractivity (Wildman–Crippen MR) is 146 cm³/mol. The van der Waals surface area contributed by atoms with Gasteiger partial charge in [-0.3, -0.25) is 0 Å². The van der Waals surface area contributed by atoms with E-state index in [2.05, 4.69) is 93.8 Å². The molecule has 178 valence electrons. The summed E-state index contributed by atoms with van der Waals surface area (Å²) in [6.45, 7) is 11.4. The highest BCUT2D eigenvalue weighted by Gasteiger charge is 2.41. The number of hydrogen-bond donors (Lipinski definition) is 0. The maximum atomic E-state index is 10.4. The first-order chi connectivity index (χ1) is 17.1. The van der Waals surface area contributed by atoms with Crippen molar-refractivity contribution in [1.29, 1.82) is 5.26 Å². The molecule has 0 amide bonds. The molecule has 0 radical (unpaired) electrons. The van der Waals surface area contributed by atoms with Crippen molar-refractivity contribution < 1.29 is 8.98 Å². The summed E-state index contributed by atoms with van der Waals surface area (Å²) in [6.07, 6.45) is 3.16. The molecule has 0 saturated heterocycles. The number of aryl methyl sites for hydroxylation is 2. The van der Waals surface area contributed by atoms with Gasteiger partial charge in [0.05, 0.1) is 5.56 Å². The standard InChI is InChI=1S/C33H31N2O/c1-20-10-12-24-23-14-13-22(21-11-15-26-27(17-21)33(4,5)19-32(26,2)3)25(18-34)30(23)36-31(24)29(20)28-9-7-8-16-35(28)6/h7-17H,19H2,1-6H3/q+1. The number of nitrogens with zero attached hydrogens (tertiary/aromatic N) is 2. The molecule has 0 saturated carbocycles. The van der Waals surface area contributed by atoms with E-state index in [0.29, 0.717) is 11.1 Å². The molecule has 2 heterocycles. The molecule has 3 nitrogen and oxygen atoms in total. The van der Waals surface area contributed by atoms with Crippen molar-refractivity contribution in [2.24, 2.45) is 7.05 Å². The van der Waals surface area contributed by atoms with Crippen molar-refractivity contribution in [2.45, 2.75) is 51.9 Å². The van der Waals surface area contributed by atoms with Gasteiger partial charge in [-0.05, 0) is 58.6 Å². The average Bonchev–Trinajstić information content (AvgIpc) is 3.30. The van der Waals surface area contributed by atoms with E-state index in [-0.39, 0.29) is 10.8 Å². The highest BCUT2D eigenvalue weighted by Crippen LogP contribution is 2.50. The van der Waals surface area contributed by atoms with E-state index in [1.54, 1.807) is 0 Å².